The van der Waals surface area contributed by atoms with Crippen molar-refractivity contribution in [1.82, 2.24) is 14.6 Å². The smallest absolute Gasteiger partial charge is 0.168 e. The van der Waals surface area contributed by atoms with Crippen LogP contribution in [0.25, 0.3) is 20.8 Å². The highest BCUT2D eigenvalue weighted by atomic mass is 32.1. The number of fused-ring (bicyclic) bond motifs is 1. The van der Waals surface area contributed by atoms with Crippen LogP contribution in [0.2, 0.25) is 0 Å². The van der Waals surface area contributed by atoms with Gasteiger partial charge in [-0.05, 0) is 24.5 Å². The highest BCUT2D eigenvalue weighted by Gasteiger charge is 2.14. The number of hydrogen-bond acceptors (Lipinski definition) is 7. The monoisotopic (exact) mass is 280 g/mol. The molecule has 2 N–H and O–H groups in total. The minimum Gasteiger partial charge on any atom is -0.595 e. The van der Waals surface area contributed by atoms with Gasteiger partial charge in [0.25, 0.3) is 0 Å². The standard InChI is InChI=1S/C10H8N4O2S2/c1-5-11-12-10(17-5)9-7-4-6(14(15)16)2-3-8(7)18-13-9/h2-4,14-15H,1H3. The lowest BCUT2D eigenvalue weighted by molar-refractivity contribution is -0.991. The lowest BCUT2D eigenvalue weighted by atomic mass is 10.2. The third-order valence-electron chi connectivity index (χ3n) is 2.45. The van der Waals surface area contributed by atoms with E-state index in [2.05, 4.69) is 14.6 Å². The molecule has 8 heteroatoms. The van der Waals surface area contributed by atoms with Crippen molar-refractivity contribution < 1.29 is 10.4 Å². The van der Waals surface area contributed by atoms with Crippen molar-refractivity contribution in [3.8, 4) is 10.7 Å². The summed E-state index contributed by atoms with van der Waals surface area (Å²) >= 11 is 2.78. The zero-order valence-corrected chi connectivity index (χ0v) is 10.9. The van der Waals surface area contributed by atoms with Gasteiger partial charge in [-0.2, -0.15) is 9.60 Å². The molecule has 0 amide bonds. The number of nitrogens with zero attached hydrogens (tertiary/aromatic N) is 3. The van der Waals surface area contributed by atoms with Crippen molar-refractivity contribution in [2.75, 3.05) is 0 Å². The summed E-state index contributed by atoms with van der Waals surface area (Å²) in [5.41, 5.74) is 0.967. The summed E-state index contributed by atoms with van der Waals surface area (Å²) in [6, 6.07) is 4.99. The van der Waals surface area contributed by atoms with Gasteiger partial charge in [0.15, 0.2) is 10.7 Å². The molecule has 2 aromatic heterocycles. The number of nitrogens with one attached hydrogen (secondary N) is 1. The number of quaternary nitrogens is 1. The van der Waals surface area contributed by atoms with Gasteiger partial charge in [-0.25, -0.2) is 5.21 Å². The molecule has 0 fully saturated rings. The molecule has 92 valence electrons. The molecule has 0 spiro atoms. The Morgan fingerprint density at radius 2 is 2.17 bits per heavy atom. The zero-order valence-electron chi connectivity index (χ0n) is 9.25. The molecular weight excluding hydrogens is 272 g/mol. The van der Waals surface area contributed by atoms with E-state index in [0.717, 1.165) is 20.1 Å². The van der Waals surface area contributed by atoms with Gasteiger partial charge in [0, 0.05) is 17.5 Å². The molecule has 1 aromatic carbocycles. The lowest BCUT2D eigenvalue weighted by Crippen LogP contribution is -2.99. The molecule has 3 rings (SSSR count). The summed E-state index contributed by atoms with van der Waals surface area (Å²) in [6.07, 6.45) is 0. The van der Waals surface area contributed by atoms with Crippen LogP contribution in [0.3, 0.4) is 0 Å². The first-order valence-electron chi connectivity index (χ1n) is 5.08. The largest absolute Gasteiger partial charge is 0.595 e. The second-order valence-corrected chi connectivity index (χ2v) is 5.66. The van der Waals surface area contributed by atoms with Gasteiger partial charge >= 0.3 is 0 Å². The van der Waals surface area contributed by atoms with Gasteiger partial charge in [-0.1, -0.05) is 11.3 Å². The molecule has 1 atom stereocenters. The third-order valence-corrected chi connectivity index (χ3v) is 4.12. The first kappa shape index (κ1) is 11.6. The fourth-order valence-electron chi connectivity index (χ4n) is 1.62. The first-order chi connectivity index (χ1) is 8.65. The molecule has 2 heterocycles. The molecule has 0 saturated heterocycles. The number of aromatic nitrogens is 3. The maximum Gasteiger partial charge on any atom is 0.168 e. The number of hydrogen-bond donors (Lipinski definition) is 2. The fraction of sp³-hybridized carbons (Fsp3) is 0.100. The van der Waals surface area contributed by atoms with Crippen molar-refractivity contribution in [3.63, 3.8) is 0 Å². The molecule has 1 unspecified atom stereocenters. The maximum atomic E-state index is 11.0. The number of benzene rings is 1. The summed E-state index contributed by atoms with van der Waals surface area (Å²) in [4.78, 5) is 0. The van der Waals surface area contributed by atoms with E-state index in [9.17, 15) is 5.21 Å². The van der Waals surface area contributed by atoms with Crippen molar-refractivity contribution >= 4 is 38.6 Å². The third kappa shape index (κ3) is 1.89. The SMILES string of the molecule is Cc1nnc(-c2nsc3ccc([NH+]([O-])O)cc23)s1. The number of rotatable bonds is 2. The average Bonchev–Trinajstić information content (AvgIpc) is 2.93. The first-order valence-corrected chi connectivity index (χ1v) is 6.67. The second-order valence-electron chi connectivity index (χ2n) is 3.67. The van der Waals surface area contributed by atoms with Gasteiger partial charge in [0.1, 0.15) is 10.7 Å². The van der Waals surface area contributed by atoms with Gasteiger partial charge in [-0.3, -0.25) is 0 Å². The quantitative estimate of drug-likeness (QED) is 0.695. The normalized spacial score (nSPS) is 13.1. The molecule has 18 heavy (non-hydrogen) atoms. The summed E-state index contributed by atoms with van der Waals surface area (Å²) in [5.74, 6) is 0. The maximum absolute atomic E-state index is 11.0. The van der Waals surface area contributed by atoms with Crippen LogP contribution in [0, 0.1) is 12.1 Å². The zero-order chi connectivity index (χ0) is 12.7. The van der Waals surface area contributed by atoms with Crippen LogP contribution in [0.15, 0.2) is 18.2 Å². The van der Waals surface area contributed by atoms with Crippen LogP contribution in [0.1, 0.15) is 5.01 Å². The fourth-order valence-corrected chi connectivity index (χ4v) is 3.13. The van der Waals surface area contributed by atoms with E-state index in [1.54, 1.807) is 18.2 Å². The van der Waals surface area contributed by atoms with Crippen molar-refractivity contribution in [3.05, 3.63) is 28.4 Å². The molecule has 0 radical (unpaired) electrons. The Balaban J connectivity index is 2.20. The second kappa shape index (κ2) is 4.34. The predicted octanol–water partition coefficient (Wildman–Crippen LogP) is 1.53. The van der Waals surface area contributed by atoms with E-state index >= 15 is 0 Å². The van der Waals surface area contributed by atoms with E-state index in [1.807, 2.05) is 6.92 Å². The minimum absolute atomic E-state index is 0.255. The van der Waals surface area contributed by atoms with E-state index in [4.69, 9.17) is 5.21 Å². The minimum atomic E-state index is -0.942. The average molecular weight is 280 g/mol. The summed E-state index contributed by atoms with van der Waals surface area (Å²) in [6.45, 7) is 1.87. The van der Waals surface area contributed by atoms with E-state index in [1.165, 1.54) is 22.9 Å². The highest BCUT2D eigenvalue weighted by molar-refractivity contribution is 7.16. The van der Waals surface area contributed by atoms with Gasteiger partial charge in [0.2, 0.25) is 0 Å². The van der Waals surface area contributed by atoms with E-state index < -0.39 is 5.23 Å². The molecule has 6 nitrogen and oxygen atoms in total. The van der Waals surface area contributed by atoms with E-state index in [-0.39, 0.29) is 5.69 Å². The molecule has 0 aliphatic rings. The van der Waals surface area contributed by atoms with Crippen LogP contribution in [-0.4, -0.2) is 19.8 Å². The van der Waals surface area contributed by atoms with Crippen LogP contribution in [0.4, 0.5) is 5.69 Å². The lowest BCUT2D eigenvalue weighted by Gasteiger charge is -2.10. The van der Waals surface area contributed by atoms with Gasteiger partial charge in [-0.15, -0.1) is 10.2 Å². The van der Waals surface area contributed by atoms with E-state index in [0.29, 0.717) is 5.69 Å². The Hall–Kier alpha value is -1.45. The van der Waals surface area contributed by atoms with Crippen LogP contribution < -0.4 is 5.23 Å². The Morgan fingerprint density at radius 1 is 1.33 bits per heavy atom. The van der Waals surface area contributed by atoms with Crippen molar-refractivity contribution in [1.29, 1.82) is 0 Å². The molecular formula is C10H8N4O2S2. The molecule has 3 aromatic rings. The Labute approximate surface area is 110 Å². The molecule has 0 bridgehead atoms. The van der Waals surface area contributed by atoms with Crippen LogP contribution in [-0.2, 0) is 0 Å². The predicted molar refractivity (Wildman–Crippen MR) is 69.0 cm³/mol. The summed E-state index contributed by atoms with van der Waals surface area (Å²) in [7, 11) is 0. The van der Waals surface area contributed by atoms with Crippen LogP contribution in [0.5, 0.6) is 0 Å². The molecule has 0 aliphatic carbocycles. The Bertz CT molecular complexity index is 707. The number of aryl methyl sites for hydroxylation is 1. The Morgan fingerprint density at radius 3 is 2.83 bits per heavy atom. The van der Waals surface area contributed by atoms with Crippen LogP contribution >= 0.6 is 22.9 Å². The summed E-state index contributed by atoms with van der Waals surface area (Å²) < 4.78 is 5.28. The molecule has 0 saturated carbocycles. The Kier molecular flexibility index (Phi) is 2.80. The highest BCUT2D eigenvalue weighted by Crippen LogP contribution is 2.33. The van der Waals surface area contributed by atoms with Gasteiger partial charge < -0.3 is 5.21 Å². The topological polar surface area (TPSA) is 86.4 Å². The summed E-state index contributed by atoms with van der Waals surface area (Å²) in [5, 5.41) is 29.4. The van der Waals surface area contributed by atoms with Crippen molar-refractivity contribution in [2.45, 2.75) is 6.92 Å². The van der Waals surface area contributed by atoms with Crippen molar-refractivity contribution in [2.24, 2.45) is 0 Å². The molecule has 0 aliphatic heterocycles. The van der Waals surface area contributed by atoms with Gasteiger partial charge in [0.05, 0.1) is 4.70 Å².